The molecule has 1 rings (SSSR count). The minimum atomic E-state index is -0.496. The largest absolute Gasteiger partial charge is 0.493 e. The molecule has 0 unspecified atom stereocenters. The van der Waals surface area contributed by atoms with Crippen LogP contribution >= 0.6 is 15.9 Å². The van der Waals surface area contributed by atoms with Gasteiger partial charge in [-0.2, -0.15) is 0 Å². The average Bonchev–Trinajstić information content (AvgIpc) is 2.38. The van der Waals surface area contributed by atoms with Crippen molar-refractivity contribution >= 4 is 21.6 Å². The van der Waals surface area contributed by atoms with Gasteiger partial charge in [0.15, 0.2) is 11.5 Å². The Morgan fingerprint density at radius 3 is 2.67 bits per heavy atom. The first kappa shape index (κ1) is 14.7. The number of ether oxygens (including phenoxy) is 2. The Labute approximate surface area is 112 Å². The molecule has 0 aliphatic rings. The van der Waals surface area contributed by atoms with Gasteiger partial charge in [-0.15, -0.1) is 0 Å². The van der Waals surface area contributed by atoms with Crippen molar-refractivity contribution in [2.75, 3.05) is 20.4 Å². The zero-order chi connectivity index (χ0) is 13.5. The third kappa shape index (κ3) is 3.56. The van der Waals surface area contributed by atoms with Gasteiger partial charge in [0.05, 0.1) is 31.4 Å². The van der Waals surface area contributed by atoms with Gasteiger partial charge >= 0.3 is 0 Å². The van der Waals surface area contributed by atoms with Crippen LogP contribution in [0.15, 0.2) is 12.1 Å². The van der Waals surface area contributed by atoms with Gasteiger partial charge in [-0.05, 0) is 6.07 Å². The molecule has 100 valence electrons. The average molecular weight is 322 g/mol. The molecule has 0 spiro atoms. The molecule has 0 saturated carbocycles. The number of nitro benzene ring substituents is 1. The third-order valence-corrected chi connectivity index (χ3v) is 2.85. The highest BCUT2D eigenvalue weighted by Gasteiger charge is 2.18. The van der Waals surface area contributed by atoms with Gasteiger partial charge in [0.1, 0.15) is 0 Å². The van der Waals surface area contributed by atoms with E-state index >= 15 is 0 Å². The van der Waals surface area contributed by atoms with Gasteiger partial charge in [-0.1, -0.05) is 15.9 Å². The normalized spacial score (nSPS) is 10.2. The predicted octanol–water partition coefficient (Wildman–Crippen LogP) is 3.24. The van der Waals surface area contributed by atoms with Crippen molar-refractivity contribution < 1.29 is 18.8 Å². The zero-order valence-electron chi connectivity index (χ0n) is 9.82. The fraction of sp³-hybridized carbons (Fsp3) is 0.455. The molecule has 0 saturated heterocycles. The van der Waals surface area contributed by atoms with Crippen LogP contribution < -0.4 is 9.47 Å². The van der Waals surface area contributed by atoms with E-state index < -0.39 is 11.6 Å². The molecule has 0 amide bonds. The van der Waals surface area contributed by atoms with Crippen molar-refractivity contribution in [3.05, 3.63) is 27.8 Å². The summed E-state index contributed by atoms with van der Waals surface area (Å²) in [6.07, 6.45) is 0.233. The molecule has 5 nitrogen and oxygen atoms in total. The Morgan fingerprint density at radius 2 is 2.17 bits per heavy atom. The fourth-order valence-corrected chi connectivity index (χ4v) is 1.83. The van der Waals surface area contributed by atoms with Crippen LogP contribution in [0.2, 0.25) is 0 Å². The Bertz CT molecular complexity index is 428. The third-order valence-electron chi connectivity index (χ3n) is 2.24. The number of nitrogens with zero attached hydrogens (tertiary/aromatic N) is 1. The number of alkyl halides is 2. The first-order chi connectivity index (χ1) is 8.63. The number of methoxy groups -OCH3 is 1. The molecular weight excluding hydrogens is 309 g/mol. The van der Waals surface area contributed by atoms with Crippen LogP contribution in [-0.4, -0.2) is 25.3 Å². The van der Waals surface area contributed by atoms with Crippen LogP contribution in [-0.2, 0) is 5.33 Å². The summed E-state index contributed by atoms with van der Waals surface area (Å²) in [6.45, 7) is -0.346. The monoisotopic (exact) mass is 321 g/mol. The Morgan fingerprint density at radius 1 is 1.44 bits per heavy atom. The Hall–Kier alpha value is -1.37. The fourth-order valence-electron chi connectivity index (χ4n) is 1.38. The zero-order valence-corrected chi connectivity index (χ0v) is 11.4. The standard InChI is InChI=1S/C11H13BrFNO4/c1-17-10-5-8(7-12)9(14(15)16)6-11(10)18-4-2-3-13/h5-6H,2-4,7H2,1H3. The van der Waals surface area contributed by atoms with Crippen molar-refractivity contribution in [1.82, 2.24) is 0 Å². The van der Waals surface area contributed by atoms with Gasteiger partial charge in [0.25, 0.3) is 5.69 Å². The van der Waals surface area contributed by atoms with E-state index in [0.29, 0.717) is 16.6 Å². The maximum atomic E-state index is 12.0. The molecule has 0 N–H and O–H groups in total. The summed E-state index contributed by atoms with van der Waals surface area (Å²) >= 11 is 3.18. The van der Waals surface area contributed by atoms with Crippen molar-refractivity contribution in [3.8, 4) is 11.5 Å². The quantitative estimate of drug-likeness (QED) is 0.335. The molecular formula is C11H13BrFNO4. The second kappa shape index (κ2) is 7.15. The topological polar surface area (TPSA) is 61.6 Å². The minimum absolute atomic E-state index is 0.0528. The van der Waals surface area contributed by atoms with Gasteiger partial charge in [0, 0.05) is 17.3 Å². The molecule has 0 fully saturated rings. The van der Waals surface area contributed by atoms with E-state index in [1.165, 1.54) is 19.2 Å². The van der Waals surface area contributed by atoms with E-state index in [1.807, 2.05) is 0 Å². The highest BCUT2D eigenvalue weighted by Crippen LogP contribution is 2.35. The van der Waals surface area contributed by atoms with E-state index in [2.05, 4.69) is 15.9 Å². The first-order valence-electron chi connectivity index (χ1n) is 5.24. The molecule has 0 aliphatic heterocycles. The van der Waals surface area contributed by atoms with Gasteiger partial charge in [0.2, 0.25) is 0 Å². The second-order valence-electron chi connectivity index (χ2n) is 3.41. The van der Waals surface area contributed by atoms with Crippen molar-refractivity contribution in [2.45, 2.75) is 11.8 Å². The first-order valence-corrected chi connectivity index (χ1v) is 6.36. The number of benzene rings is 1. The molecule has 0 aliphatic carbocycles. The molecule has 0 bridgehead atoms. The molecule has 1 aromatic rings. The van der Waals surface area contributed by atoms with Gasteiger partial charge in [-0.3, -0.25) is 14.5 Å². The van der Waals surface area contributed by atoms with E-state index in [0.717, 1.165) is 0 Å². The number of rotatable bonds is 7. The summed E-state index contributed by atoms with van der Waals surface area (Å²) in [5.74, 6) is 0.649. The molecule has 0 atom stereocenters. The predicted molar refractivity (Wildman–Crippen MR) is 68.4 cm³/mol. The highest BCUT2D eigenvalue weighted by atomic mass is 79.9. The summed E-state index contributed by atoms with van der Waals surface area (Å²) < 4.78 is 22.3. The van der Waals surface area contributed by atoms with Gasteiger partial charge < -0.3 is 9.47 Å². The lowest BCUT2D eigenvalue weighted by atomic mass is 10.2. The summed E-state index contributed by atoms with van der Waals surface area (Å²) in [5, 5.41) is 11.2. The lowest BCUT2D eigenvalue weighted by molar-refractivity contribution is -0.385. The smallest absolute Gasteiger partial charge is 0.277 e. The summed E-state index contributed by atoms with van der Waals surface area (Å²) in [6, 6.07) is 2.84. The van der Waals surface area contributed by atoms with Gasteiger partial charge in [-0.25, -0.2) is 0 Å². The van der Waals surface area contributed by atoms with E-state index in [4.69, 9.17) is 9.47 Å². The van der Waals surface area contributed by atoms with E-state index in [-0.39, 0.29) is 24.5 Å². The van der Waals surface area contributed by atoms with Crippen LogP contribution in [0.4, 0.5) is 10.1 Å². The lowest BCUT2D eigenvalue weighted by Gasteiger charge is -2.11. The maximum absolute atomic E-state index is 12.0. The molecule has 0 radical (unpaired) electrons. The Kier molecular flexibility index (Phi) is 5.84. The van der Waals surface area contributed by atoms with Crippen LogP contribution in [0, 0.1) is 10.1 Å². The van der Waals surface area contributed by atoms with Crippen LogP contribution in [0.25, 0.3) is 0 Å². The van der Waals surface area contributed by atoms with Crippen LogP contribution in [0.1, 0.15) is 12.0 Å². The Balaban J connectivity index is 3.07. The molecule has 0 aromatic heterocycles. The maximum Gasteiger partial charge on any atom is 0.277 e. The minimum Gasteiger partial charge on any atom is -0.493 e. The second-order valence-corrected chi connectivity index (χ2v) is 3.97. The molecule has 1 aromatic carbocycles. The van der Waals surface area contributed by atoms with Crippen LogP contribution in [0.3, 0.4) is 0 Å². The summed E-state index contributed by atoms with van der Waals surface area (Å²) in [4.78, 5) is 10.4. The van der Waals surface area contributed by atoms with Crippen LogP contribution in [0.5, 0.6) is 11.5 Å². The number of halogens is 2. The van der Waals surface area contributed by atoms with E-state index in [1.54, 1.807) is 0 Å². The number of hydrogen-bond donors (Lipinski definition) is 0. The summed E-state index contributed by atoms with van der Waals surface area (Å²) in [7, 11) is 1.45. The molecule has 18 heavy (non-hydrogen) atoms. The lowest BCUT2D eigenvalue weighted by Crippen LogP contribution is -2.02. The highest BCUT2D eigenvalue weighted by molar-refractivity contribution is 9.08. The van der Waals surface area contributed by atoms with E-state index in [9.17, 15) is 14.5 Å². The number of hydrogen-bond acceptors (Lipinski definition) is 4. The SMILES string of the molecule is COc1cc(CBr)c([N+](=O)[O-])cc1OCCCF. The van der Waals surface area contributed by atoms with Crippen molar-refractivity contribution in [3.63, 3.8) is 0 Å². The number of nitro groups is 1. The molecule has 7 heteroatoms. The van der Waals surface area contributed by atoms with Crippen molar-refractivity contribution in [1.29, 1.82) is 0 Å². The van der Waals surface area contributed by atoms with Crippen molar-refractivity contribution in [2.24, 2.45) is 0 Å². The molecule has 0 heterocycles. The summed E-state index contributed by atoms with van der Waals surface area (Å²) in [5.41, 5.74) is 0.442.